The molecule has 210 valence electrons. The van der Waals surface area contributed by atoms with E-state index in [2.05, 4.69) is 20.4 Å². The zero-order chi connectivity index (χ0) is 29.1. The summed E-state index contributed by atoms with van der Waals surface area (Å²) in [6, 6.07) is 1.68. The van der Waals surface area contributed by atoms with Crippen molar-refractivity contribution in [2.75, 3.05) is 18.8 Å². The van der Waals surface area contributed by atoms with Crippen molar-refractivity contribution in [3.8, 4) is 11.3 Å². The van der Waals surface area contributed by atoms with Crippen molar-refractivity contribution in [2.24, 2.45) is 0 Å². The smallest absolute Gasteiger partial charge is 0.382 e. The van der Waals surface area contributed by atoms with Gasteiger partial charge in [-0.05, 0) is 44.5 Å². The molecule has 0 bridgehead atoms. The normalized spacial score (nSPS) is 17.6. The lowest BCUT2D eigenvalue weighted by atomic mass is 10.0. The van der Waals surface area contributed by atoms with Gasteiger partial charge in [-0.3, -0.25) is 9.59 Å². The van der Waals surface area contributed by atoms with Gasteiger partial charge in [0, 0.05) is 22.5 Å². The van der Waals surface area contributed by atoms with E-state index in [4.69, 9.17) is 5.73 Å². The molecule has 0 unspecified atom stereocenters. The summed E-state index contributed by atoms with van der Waals surface area (Å²) in [6.07, 6.45) is -5.51. The van der Waals surface area contributed by atoms with E-state index >= 15 is 4.39 Å². The number of halogens is 5. The van der Waals surface area contributed by atoms with Crippen LogP contribution < -0.4 is 11.1 Å². The molecule has 4 heterocycles. The molecule has 0 aliphatic carbocycles. The van der Waals surface area contributed by atoms with Crippen LogP contribution in [0.3, 0.4) is 0 Å². The lowest BCUT2D eigenvalue weighted by Crippen LogP contribution is -2.42. The van der Waals surface area contributed by atoms with Crippen LogP contribution in [-0.4, -0.2) is 61.6 Å². The SMILES string of the molecule is Cc1nc(C(=O)N2C[C@H](F)[C@H](NC(=O)c3cc(-c4cc(C(F)(F)F)c5c(N)ncnn45)c(F)cc3C)C2)c(C)s1. The van der Waals surface area contributed by atoms with Crippen LogP contribution in [0.4, 0.5) is 27.8 Å². The van der Waals surface area contributed by atoms with Crippen molar-refractivity contribution in [3.05, 3.63) is 62.6 Å². The molecule has 15 heteroatoms. The minimum atomic E-state index is -4.85. The number of nitrogens with two attached hydrogens (primary N) is 1. The lowest BCUT2D eigenvalue weighted by Gasteiger charge is -2.17. The molecule has 3 N–H and O–H groups in total. The van der Waals surface area contributed by atoms with Crippen molar-refractivity contribution in [1.29, 1.82) is 0 Å². The van der Waals surface area contributed by atoms with Gasteiger partial charge in [-0.1, -0.05) is 0 Å². The van der Waals surface area contributed by atoms with E-state index in [0.717, 1.165) is 23.0 Å². The Hall–Kier alpha value is -4.14. The molecule has 2 atom stereocenters. The minimum absolute atomic E-state index is 0.0927. The number of nitrogens with zero attached hydrogens (tertiary/aromatic N) is 5. The maximum atomic E-state index is 15.1. The van der Waals surface area contributed by atoms with Crippen LogP contribution in [-0.2, 0) is 6.18 Å². The van der Waals surface area contributed by atoms with Crippen LogP contribution in [0.5, 0.6) is 0 Å². The molecule has 4 aromatic rings. The van der Waals surface area contributed by atoms with Crippen molar-refractivity contribution in [2.45, 2.75) is 39.2 Å². The number of alkyl halides is 4. The van der Waals surface area contributed by atoms with E-state index in [9.17, 15) is 27.2 Å². The Labute approximate surface area is 227 Å². The third-order valence-electron chi connectivity index (χ3n) is 6.68. The number of aromatic nitrogens is 4. The first-order valence-corrected chi connectivity index (χ1v) is 12.8. The number of anilines is 1. The van der Waals surface area contributed by atoms with E-state index in [1.807, 2.05) is 0 Å². The van der Waals surface area contributed by atoms with Crippen LogP contribution >= 0.6 is 11.3 Å². The molecule has 0 radical (unpaired) electrons. The molecular formula is C25H22F5N7O2S. The van der Waals surface area contributed by atoms with Gasteiger partial charge >= 0.3 is 6.18 Å². The predicted octanol–water partition coefficient (Wildman–Crippen LogP) is 4.11. The van der Waals surface area contributed by atoms with Crippen molar-refractivity contribution in [3.63, 3.8) is 0 Å². The van der Waals surface area contributed by atoms with Gasteiger partial charge in [0.25, 0.3) is 11.8 Å². The van der Waals surface area contributed by atoms with Crippen molar-refractivity contribution >= 4 is 34.5 Å². The number of amides is 2. The fourth-order valence-corrected chi connectivity index (χ4v) is 5.59. The number of hydrogen-bond donors (Lipinski definition) is 2. The largest absolute Gasteiger partial charge is 0.418 e. The molecular weight excluding hydrogens is 557 g/mol. The van der Waals surface area contributed by atoms with Gasteiger partial charge in [-0.15, -0.1) is 11.3 Å². The second kappa shape index (κ2) is 9.80. The second-order valence-corrected chi connectivity index (χ2v) is 10.8. The number of nitrogen functional groups attached to an aromatic ring is 1. The number of aryl methyl sites for hydroxylation is 3. The van der Waals surface area contributed by atoms with E-state index in [-0.39, 0.29) is 41.2 Å². The standard InChI is InChI=1S/C25H22F5N7O2S/c1-10-4-16(26)14(19-6-15(25(28,29)30)21-22(31)32-9-33-37(19)21)5-13(10)23(38)35-18-8-36(7-17(18)27)24(39)20-11(2)40-12(3)34-20/h4-6,9,17-18H,7-8H2,1-3H3,(H,35,38)(H2,31,32,33)/t17-,18+/m0/s1. The number of nitrogens with one attached hydrogen (secondary N) is 1. The Kier molecular flexibility index (Phi) is 6.72. The number of carbonyl (C=O) groups excluding carboxylic acids is 2. The van der Waals surface area contributed by atoms with Gasteiger partial charge in [-0.2, -0.15) is 18.3 Å². The van der Waals surface area contributed by atoms with Crippen molar-refractivity contribution < 1.29 is 31.5 Å². The van der Waals surface area contributed by atoms with Crippen LogP contribution in [0.2, 0.25) is 0 Å². The summed E-state index contributed by atoms with van der Waals surface area (Å²) in [7, 11) is 0. The Morgan fingerprint density at radius 1 is 1.15 bits per heavy atom. The zero-order valence-electron chi connectivity index (χ0n) is 21.3. The fourth-order valence-electron chi connectivity index (χ4n) is 4.78. The number of rotatable bonds is 4. The molecule has 1 aromatic carbocycles. The summed E-state index contributed by atoms with van der Waals surface area (Å²) in [5.74, 6) is -2.61. The van der Waals surface area contributed by atoms with Crippen LogP contribution in [0, 0.1) is 26.6 Å². The summed E-state index contributed by atoms with van der Waals surface area (Å²) in [5, 5.41) is 7.03. The molecule has 5 rings (SSSR count). The monoisotopic (exact) mass is 579 g/mol. The highest BCUT2D eigenvalue weighted by Crippen LogP contribution is 2.39. The molecule has 9 nitrogen and oxygen atoms in total. The van der Waals surface area contributed by atoms with Crippen molar-refractivity contribution in [1.82, 2.24) is 29.8 Å². The molecule has 1 fully saturated rings. The van der Waals surface area contributed by atoms with E-state index in [0.29, 0.717) is 16.0 Å². The second-order valence-electron chi connectivity index (χ2n) is 9.44. The fraction of sp³-hybridized carbons (Fsp3) is 0.320. The van der Waals surface area contributed by atoms with E-state index in [1.165, 1.54) is 23.2 Å². The first kappa shape index (κ1) is 27.4. The molecule has 40 heavy (non-hydrogen) atoms. The quantitative estimate of drug-likeness (QED) is 0.352. The first-order valence-electron chi connectivity index (χ1n) is 11.9. The third-order valence-corrected chi connectivity index (χ3v) is 7.57. The molecule has 2 amide bonds. The van der Waals surface area contributed by atoms with Gasteiger partial charge in [0.1, 0.15) is 29.5 Å². The third kappa shape index (κ3) is 4.74. The minimum Gasteiger partial charge on any atom is -0.382 e. The van der Waals surface area contributed by atoms with Gasteiger partial charge in [-0.25, -0.2) is 23.3 Å². The Morgan fingerprint density at radius 2 is 1.88 bits per heavy atom. The van der Waals surface area contributed by atoms with Gasteiger partial charge < -0.3 is 16.0 Å². The van der Waals surface area contributed by atoms with E-state index < -0.39 is 52.9 Å². The number of benzene rings is 1. The highest BCUT2D eigenvalue weighted by Gasteiger charge is 2.39. The topological polar surface area (TPSA) is 119 Å². The molecule has 3 aromatic heterocycles. The predicted molar refractivity (Wildman–Crippen MR) is 136 cm³/mol. The number of likely N-dealkylation sites (tertiary alicyclic amines) is 1. The maximum Gasteiger partial charge on any atom is 0.418 e. The summed E-state index contributed by atoms with van der Waals surface area (Å²) in [6.45, 7) is 4.54. The molecule has 1 saturated heterocycles. The highest BCUT2D eigenvalue weighted by atomic mass is 32.1. The summed E-state index contributed by atoms with van der Waals surface area (Å²) < 4.78 is 72.0. The number of fused-ring (bicyclic) bond motifs is 1. The number of hydrogen-bond acceptors (Lipinski definition) is 7. The number of carbonyl (C=O) groups is 2. The summed E-state index contributed by atoms with van der Waals surface area (Å²) >= 11 is 1.34. The molecule has 0 spiro atoms. The highest BCUT2D eigenvalue weighted by molar-refractivity contribution is 7.11. The Balaban J connectivity index is 1.45. The molecule has 1 aliphatic heterocycles. The molecule has 1 aliphatic rings. The van der Waals surface area contributed by atoms with Gasteiger partial charge in [0.2, 0.25) is 0 Å². The van der Waals surface area contributed by atoms with E-state index in [1.54, 1.807) is 13.8 Å². The maximum absolute atomic E-state index is 15.1. The number of thiazole rings is 1. The average Bonchev–Trinajstić information content (AvgIpc) is 3.54. The zero-order valence-corrected chi connectivity index (χ0v) is 22.1. The Bertz CT molecular complexity index is 1670. The van der Waals surface area contributed by atoms with Gasteiger partial charge in [0.05, 0.1) is 28.9 Å². The average molecular weight is 580 g/mol. The first-order chi connectivity index (χ1) is 18.8. The Morgan fingerprint density at radius 3 is 2.52 bits per heavy atom. The van der Waals surface area contributed by atoms with Gasteiger partial charge in [0.15, 0.2) is 5.82 Å². The lowest BCUT2D eigenvalue weighted by molar-refractivity contribution is -0.136. The van der Waals surface area contributed by atoms with Crippen LogP contribution in [0.15, 0.2) is 24.5 Å². The summed E-state index contributed by atoms with van der Waals surface area (Å²) in [5.41, 5.74) is 3.58. The molecule has 0 saturated carbocycles. The van der Waals surface area contributed by atoms with Crippen LogP contribution in [0.1, 0.15) is 41.9 Å². The van der Waals surface area contributed by atoms with Crippen LogP contribution in [0.25, 0.3) is 16.8 Å². The summed E-state index contributed by atoms with van der Waals surface area (Å²) in [4.78, 5) is 35.8.